The highest BCUT2D eigenvalue weighted by atomic mass is 32.2. The predicted octanol–water partition coefficient (Wildman–Crippen LogP) is 3.59. The summed E-state index contributed by atoms with van der Waals surface area (Å²) in [5, 5.41) is 22.1. The van der Waals surface area contributed by atoms with Crippen LogP contribution in [0.1, 0.15) is 38.7 Å². The Balaban J connectivity index is 1.80. The van der Waals surface area contributed by atoms with Gasteiger partial charge in [-0.1, -0.05) is 36.9 Å². The maximum atomic E-state index is 14.3. The minimum atomic E-state index is -1.79. The Morgan fingerprint density at radius 3 is 2.85 bits per heavy atom. The van der Waals surface area contributed by atoms with E-state index in [-0.39, 0.29) is 40.0 Å². The number of nitriles is 1. The Hall–Kier alpha value is -3.23. The minimum absolute atomic E-state index is 0.00421. The van der Waals surface area contributed by atoms with Crippen LogP contribution in [0, 0.1) is 17.1 Å². The molecule has 3 heterocycles. The number of benzene rings is 1. The number of amides is 1. The first-order valence-electron chi connectivity index (χ1n) is 10.4. The molecule has 8 nitrogen and oxygen atoms in total. The van der Waals surface area contributed by atoms with Crippen LogP contribution in [0.5, 0.6) is 0 Å². The number of rotatable bonds is 3. The number of nitrogens with zero attached hydrogens (tertiary/aromatic N) is 4. The van der Waals surface area contributed by atoms with Gasteiger partial charge in [-0.2, -0.15) is 5.26 Å². The third kappa shape index (κ3) is 3.01. The molecular formula is C22H19FN6O2S2. The average Bonchev–Trinajstić information content (AvgIpc) is 3.31. The predicted molar refractivity (Wildman–Crippen MR) is 123 cm³/mol. The molecule has 0 radical (unpaired) electrons. The molecule has 1 aromatic carbocycles. The lowest BCUT2D eigenvalue weighted by Gasteiger charge is -2.42. The van der Waals surface area contributed by atoms with E-state index in [1.807, 2.05) is 13.8 Å². The molecular weight excluding hydrogens is 463 g/mol. The number of nitrogens with two attached hydrogens (primary N) is 1. The second-order valence-electron chi connectivity index (χ2n) is 8.22. The number of halogens is 1. The van der Waals surface area contributed by atoms with Crippen molar-refractivity contribution >= 4 is 45.6 Å². The third-order valence-corrected chi connectivity index (χ3v) is 7.91. The first kappa shape index (κ1) is 21.6. The highest BCUT2D eigenvalue weighted by molar-refractivity contribution is 8.01. The molecule has 0 saturated heterocycles. The lowest BCUT2D eigenvalue weighted by Crippen LogP contribution is -2.50. The highest BCUT2D eigenvalue weighted by Crippen LogP contribution is 2.55. The van der Waals surface area contributed by atoms with Crippen molar-refractivity contribution in [3.63, 3.8) is 0 Å². The zero-order chi connectivity index (χ0) is 23.5. The van der Waals surface area contributed by atoms with Gasteiger partial charge < -0.3 is 11.1 Å². The maximum Gasteiger partial charge on any atom is 0.245 e. The lowest BCUT2D eigenvalue weighted by molar-refractivity contribution is -0.122. The van der Waals surface area contributed by atoms with Crippen molar-refractivity contribution in [2.45, 2.75) is 48.1 Å². The van der Waals surface area contributed by atoms with E-state index in [1.54, 1.807) is 16.7 Å². The molecule has 1 spiro atoms. The summed E-state index contributed by atoms with van der Waals surface area (Å²) in [7, 11) is 0. The molecule has 3 aliphatic rings. The standard InChI is InChI=1S/C22H19FN6O2S2/c1-10(2)32-21-28-27-20(33-21)29-15-4-3-5-16(30)17(15)22(13(9-24)18(29)25)12-8-11(23)6-7-14(12)26-19(22)31/h6-8,10H,3-5,25H2,1-2H3,(H,26,31)/t22-/m1/s1. The fourth-order valence-electron chi connectivity index (χ4n) is 4.72. The van der Waals surface area contributed by atoms with Gasteiger partial charge in [-0.15, -0.1) is 10.2 Å². The van der Waals surface area contributed by atoms with E-state index in [4.69, 9.17) is 5.73 Å². The summed E-state index contributed by atoms with van der Waals surface area (Å²) in [5.74, 6) is -1.43. The molecule has 0 saturated carbocycles. The van der Waals surface area contributed by atoms with Crippen LogP contribution in [0.25, 0.3) is 0 Å². The van der Waals surface area contributed by atoms with Crippen molar-refractivity contribution < 1.29 is 14.0 Å². The normalized spacial score (nSPS) is 22.1. The minimum Gasteiger partial charge on any atom is -0.384 e. The molecule has 0 unspecified atom stereocenters. The number of hydrogen-bond donors (Lipinski definition) is 2. The number of nitrogens with one attached hydrogen (secondary N) is 1. The fraction of sp³-hybridized carbons (Fsp3) is 0.318. The Morgan fingerprint density at radius 1 is 1.33 bits per heavy atom. The van der Waals surface area contributed by atoms with Crippen LogP contribution in [0.2, 0.25) is 0 Å². The number of carbonyl (C=O) groups excluding carboxylic acids is 2. The van der Waals surface area contributed by atoms with Gasteiger partial charge in [0.05, 0.1) is 5.57 Å². The van der Waals surface area contributed by atoms with Crippen LogP contribution in [0.3, 0.4) is 0 Å². The third-order valence-electron chi connectivity index (χ3n) is 5.91. The molecule has 1 amide bonds. The molecule has 33 heavy (non-hydrogen) atoms. The number of allylic oxidation sites excluding steroid dienone is 1. The molecule has 1 atom stereocenters. The first-order valence-corrected chi connectivity index (χ1v) is 12.1. The molecule has 2 aromatic rings. The average molecular weight is 483 g/mol. The summed E-state index contributed by atoms with van der Waals surface area (Å²) in [6.07, 6.45) is 1.23. The summed E-state index contributed by atoms with van der Waals surface area (Å²) in [4.78, 5) is 28.4. The second kappa shape index (κ2) is 7.67. The molecule has 3 N–H and O–H groups in total. The van der Waals surface area contributed by atoms with Gasteiger partial charge >= 0.3 is 0 Å². The van der Waals surface area contributed by atoms with Crippen molar-refractivity contribution in [1.82, 2.24) is 10.2 Å². The van der Waals surface area contributed by atoms with Crippen LogP contribution in [0.15, 0.2) is 45.2 Å². The number of aromatic nitrogens is 2. The van der Waals surface area contributed by atoms with Gasteiger partial charge in [0.15, 0.2) is 10.1 Å². The Labute approximate surface area is 197 Å². The highest BCUT2D eigenvalue weighted by Gasteiger charge is 2.60. The van der Waals surface area contributed by atoms with Crippen molar-refractivity contribution in [1.29, 1.82) is 5.26 Å². The SMILES string of the molecule is CC(C)Sc1nnc(N2C(N)=C(C#N)[C@@]3(C(=O)Nc4ccc(F)cc43)C3=C2CCCC3=O)s1. The van der Waals surface area contributed by atoms with E-state index in [9.17, 15) is 19.2 Å². The van der Waals surface area contributed by atoms with Crippen molar-refractivity contribution in [2.75, 3.05) is 10.2 Å². The summed E-state index contributed by atoms with van der Waals surface area (Å²) in [6.45, 7) is 4.07. The number of thioether (sulfide) groups is 1. The van der Waals surface area contributed by atoms with Gasteiger partial charge in [0.2, 0.25) is 11.0 Å². The number of anilines is 2. The van der Waals surface area contributed by atoms with Gasteiger partial charge in [-0.3, -0.25) is 14.5 Å². The number of fused-ring (bicyclic) bond motifs is 3. The van der Waals surface area contributed by atoms with E-state index in [0.29, 0.717) is 29.4 Å². The molecule has 5 rings (SSSR count). The monoisotopic (exact) mass is 482 g/mol. The lowest BCUT2D eigenvalue weighted by atomic mass is 9.64. The Morgan fingerprint density at radius 2 is 2.12 bits per heavy atom. The van der Waals surface area contributed by atoms with Gasteiger partial charge in [0.25, 0.3) is 0 Å². The zero-order valence-electron chi connectivity index (χ0n) is 17.8. The molecule has 1 aromatic heterocycles. The topological polar surface area (TPSA) is 125 Å². The summed E-state index contributed by atoms with van der Waals surface area (Å²) < 4.78 is 15.0. The van der Waals surface area contributed by atoms with Gasteiger partial charge in [0.1, 0.15) is 23.1 Å². The smallest absolute Gasteiger partial charge is 0.245 e. The summed E-state index contributed by atoms with van der Waals surface area (Å²) in [6, 6.07) is 5.92. The van der Waals surface area contributed by atoms with E-state index < -0.39 is 17.1 Å². The molecule has 11 heteroatoms. The number of hydrogen-bond acceptors (Lipinski definition) is 9. The maximum absolute atomic E-state index is 14.3. The number of ketones is 1. The van der Waals surface area contributed by atoms with Crippen molar-refractivity contribution in [3.05, 3.63) is 52.2 Å². The van der Waals surface area contributed by atoms with Gasteiger partial charge in [-0.05, 0) is 31.0 Å². The van der Waals surface area contributed by atoms with Gasteiger partial charge in [-0.25, -0.2) is 4.39 Å². The quantitative estimate of drug-likeness (QED) is 0.636. The number of carbonyl (C=O) groups is 2. The Kier molecular flexibility index (Phi) is 5.02. The number of Topliss-reactive ketones (excluding diaryl/α,β-unsaturated/α-hetero) is 1. The van der Waals surface area contributed by atoms with Crippen molar-refractivity contribution in [3.8, 4) is 6.07 Å². The fourth-order valence-corrected chi connectivity index (χ4v) is 6.83. The van der Waals surface area contributed by atoms with E-state index in [2.05, 4.69) is 21.6 Å². The van der Waals surface area contributed by atoms with E-state index >= 15 is 0 Å². The first-order chi connectivity index (χ1) is 15.8. The van der Waals surface area contributed by atoms with Crippen LogP contribution in [-0.4, -0.2) is 27.1 Å². The summed E-state index contributed by atoms with van der Waals surface area (Å²) in [5.41, 5.74) is 5.87. The van der Waals surface area contributed by atoms with Crippen LogP contribution < -0.4 is 16.0 Å². The second-order valence-corrected chi connectivity index (χ2v) is 11.0. The van der Waals surface area contributed by atoms with Gasteiger partial charge in [0, 0.05) is 34.2 Å². The largest absolute Gasteiger partial charge is 0.384 e. The van der Waals surface area contributed by atoms with Crippen LogP contribution in [-0.2, 0) is 15.0 Å². The Bertz CT molecular complexity index is 1320. The van der Waals surface area contributed by atoms with E-state index in [0.717, 1.165) is 4.34 Å². The van der Waals surface area contributed by atoms with Crippen LogP contribution >= 0.6 is 23.1 Å². The zero-order valence-corrected chi connectivity index (χ0v) is 19.4. The van der Waals surface area contributed by atoms with E-state index in [1.165, 1.54) is 29.5 Å². The van der Waals surface area contributed by atoms with Crippen molar-refractivity contribution in [2.24, 2.45) is 5.73 Å². The molecule has 2 aliphatic heterocycles. The molecule has 1 aliphatic carbocycles. The molecule has 168 valence electrons. The van der Waals surface area contributed by atoms with Crippen LogP contribution in [0.4, 0.5) is 15.2 Å². The molecule has 0 fully saturated rings. The summed E-state index contributed by atoms with van der Waals surface area (Å²) >= 11 is 2.84. The molecule has 0 bridgehead atoms.